The second-order valence-electron chi connectivity index (χ2n) is 7.28. The standard InChI is InChI=1S/C20H18Cl2O5/c1-19(2,3)27-18(24)20(25,16-14(21)15(22)17(23)26-16)13-9-8-11-6-4-5-7-12(11)10-13/h4-10,16,25H,1-3H3/t16-,20+/m1/s1. The molecular weight excluding hydrogens is 391 g/mol. The number of hydrogen-bond acceptors (Lipinski definition) is 5. The Balaban J connectivity index is 2.17. The van der Waals surface area contributed by atoms with Crippen LogP contribution in [-0.2, 0) is 24.7 Å². The number of fused-ring (bicyclic) bond motifs is 1. The predicted molar refractivity (Wildman–Crippen MR) is 102 cm³/mol. The molecule has 1 aliphatic heterocycles. The highest BCUT2D eigenvalue weighted by Gasteiger charge is 2.55. The lowest BCUT2D eigenvalue weighted by molar-refractivity contribution is -0.191. The molecule has 5 nitrogen and oxygen atoms in total. The molecule has 27 heavy (non-hydrogen) atoms. The third kappa shape index (κ3) is 3.55. The van der Waals surface area contributed by atoms with Crippen LogP contribution in [0, 0.1) is 0 Å². The van der Waals surface area contributed by atoms with Crippen LogP contribution in [0.1, 0.15) is 26.3 Å². The van der Waals surface area contributed by atoms with Gasteiger partial charge in [-0.2, -0.15) is 0 Å². The largest absolute Gasteiger partial charge is 0.457 e. The van der Waals surface area contributed by atoms with Gasteiger partial charge in [0.15, 0.2) is 6.10 Å². The number of aliphatic hydroxyl groups is 1. The van der Waals surface area contributed by atoms with E-state index in [0.29, 0.717) is 0 Å². The van der Waals surface area contributed by atoms with E-state index in [9.17, 15) is 14.7 Å². The molecule has 0 saturated heterocycles. The molecule has 0 bridgehead atoms. The summed E-state index contributed by atoms with van der Waals surface area (Å²) in [6.07, 6.45) is -1.50. The van der Waals surface area contributed by atoms with E-state index in [-0.39, 0.29) is 15.6 Å². The van der Waals surface area contributed by atoms with Crippen LogP contribution in [0.25, 0.3) is 10.8 Å². The Morgan fingerprint density at radius 2 is 1.74 bits per heavy atom. The van der Waals surface area contributed by atoms with E-state index in [1.807, 2.05) is 24.3 Å². The average Bonchev–Trinajstić information content (AvgIpc) is 2.87. The zero-order chi connectivity index (χ0) is 20.0. The highest BCUT2D eigenvalue weighted by atomic mass is 35.5. The monoisotopic (exact) mass is 408 g/mol. The van der Waals surface area contributed by atoms with E-state index < -0.39 is 29.2 Å². The first kappa shape index (κ1) is 19.7. The molecule has 3 rings (SSSR count). The first-order valence-corrected chi connectivity index (χ1v) is 9.01. The maximum Gasteiger partial charge on any atom is 0.351 e. The van der Waals surface area contributed by atoms with Crippen molar-refractivity contribution in [2.24, 2.45) is 0 Å². The number of cyclic esters (lactones) is 1. The Bertz CT molecular complexity index is 960. The number of carbonyl (C=O) groups excluding carboxylic acids is 2. The van der Waals surface area contributed by atoms with E-state index in [0.717, 1.165) is 10.8 Å². The fourth-order valence-corrected chi connectivity index (χ4v) is 3.27. The van der Waals surface area contributed by atoms with Gasteiger partial charge < -0.3 is 14.6 Å². The molecule has 0 aromatic heterocycles. The summed E-state index contributed by atoms with van der Waals surface area (Å²) < 4.78 is 10.5. The number of halogens is 2. The third-order valence-corrected chi connectivity index (χ3v) is 4.96. The molecule has 0 saturated carbocycles. The molecule has 0 spiro atoms. The summed E-state index contributed by atoms with van der Waals surface area (Å²) in [5.74, 6) is -1.90. The second kappa shape index (κ2) is 6.82. The maximum absolute atomic E-state index is 13.0. The molecule has 7 heteroatoms. The Labute approximate surface area is 166 Å². The topological polar surface area (TPSA) is 72.8 Å². The number of esters is 2. The Morgan fingerprint density at radius 1 is 1.11 bits per heavy atom. The first-order valence-electron chi connectivity index (χ1n) is 8.25. The molecule has 2 aromatic rings. The molecule has 2 aromatic carbocycles. The molecule has 1 aliphatic rings. The van der Waals surface area contributed by atoms with Crippen LogP contribution in [0.15, 0.2) is 52.5 Å². The van der Waals surface area contributed by atoms with E-state index in [1.54, 1.807) is 39.0 Å². The summed E-state index contributed by atoms with van der Waals surface area (Å²) >= 11 is 12.0. The van der Waals surface area contributed by atoms with E-state index in [2.05, 4.69) is 0 Å². The number of carbonyl (C=O) groups is 2. The Kier molecular flexibility index (Phi) is 4.97. The van der Waals surface area contributed by atoms with Gasteiger partial charge in [-0.3, -0.25) is 0 Å². The Morgan fingerprint density at radius 3 is 2.30 bits per heavy atom. The van der Waals surface area contributed by atoms with Crippen molar-refractivity contribution in [2.75, 3.05) is 0 Å². The van der Waals surface area contributed by atoms with Crippen molar-refractivity contribution in [3.05, 3.63) is 58.1 Å². The summed E-state index contributed by atoms with van der Waals surface area (Å²) in [4.78, 5) is 24.8. The van der Waals surface area contributed by atoms with E-state index in [4.69, 9.17) is 32.7 Å². The number of ether oxygens (including phenoxy) is 2. The summed E-state index contributed by atoms with van der Waals surface area (Å²) in [5, 5.41) is 12.5. The van der Waals surface area contributed by atoms with Crippen LogP contribution >= 0.6 is 23.2 Å². The number of rotatable bonds is 3. The quantitative estimate of drug-likeness (QED) is 0.777. The predicted octanol–water partition coefficient (Wildman–Crippen LogP) is 3.98. The van der Waals surface area contributed by atoms with Crippen LogP contribution in [0.3, 0.4) is 0 Å². The summed E-state index contributed by atoms with van der Waals surface area (Å²) in [6, 6.07) is 12.4. The van der Waals surface area contributed by atoms with Gasteiger partial charge in [0.05, 0.1) is 5.03 Å². The lowest BCUT2D eigenvalue weighted by Gasteiger charge is -2.34. The SMILES string of the molecule is CC(C)(C)OC(=O)[C@](O)(c1ccc2ccccc2c1)[C@@H]1OC(=O)C(Cl)=C1Cl. The maximum atomic E-state index is 13.0. The molecule has 1 N–H and O–H groups in total. The molecule has 0 amide bonds. The third-order valence-electron chi connectivity index (χ3n) is 4.12. The second-order valence-corrected chi connectivity index (χ2v) is 8.06. The van der Waals surface area contributed by atoms with Gasteiger partial charge in [0, 0.05) is 0 Å². The minimum absolute atomic E-state index is 0.178. The van der Waals surface area contributed by atoms with Gasteiger partial charge in [-0.25, -0.2) is 9.59 Å². The van der Waals surface area contributed by atoms with Crippen LogP contribution in [-0.4, -0.2) is 28.8 Å². The molecule has 2 atom stereocenters. The summed E-state index contributed by atoms with van der Waals surface area (Å²) in [6.45, 7) is 4.99. The summed E-state index contributed by atoms with van der Waals surface area (Å²) in [5.41, 5.74) is -3.07. The van der Waals surface area contributed by atoms with Gasteiger partial charge in [-0.1, -0.05) is 59.6 Å². The zero-order valence-corrected chi connectivity index (χ0v) is 16.5. The minimum Gasteiger partial charge on any atom is -0.457 e. The molecule has 1 heterocycles. The molecular formula is C20H18Cl2O5. The highest BCUT2D eigenvalue weighted by molar-refractivity contribution is 6.48. The first-order chi connectivity index (χ1) is 12.5. The zero-order valence-electron chi connectivity index (χ0n) is 15.0. The molecule has 0 unspecified atom stereocenters. The van der Waals surface area contributed by atoms with Gasteiger partial charge in [0.2, 0.25) is 5.60 Å². The van der Waals surface area contributed by atoms with Crippen molar-refractivity contribution in [3.8, 4) is 0 Å². The van der Waals surface area contributed by atoms with Gasteiger partial charge in [-0.15, -0.1) is 0 Å². The van der Waals surface area contributed by atoms with Crippen molar-refractivity contribution >= 4 is 45.9 Å². The molecule has 0 radical (unpaired) electrons. The molecule has 142 valence electrons. The van der Waals surface area contributed by atoms with Gasteiger partial charge >= 0.3 is 11.9 Å². The normalized spacial score (nSPS) is 19.8. The fraction of sp³-hybridized carbons (Fsp3) is 0.300. The van der Waals surface area contributed by atoms with Gasteiger partial charge in [0.1, 0.15) is 10.6 Å². The minimum atomic E-state index is -2.36. The highest BCUT2D eigenvalue weighted by Crippen LogP contribution is 2.42. The van der Waals surface area contributed by atoms with Crippen molar-refractivity contribution in [3.63, 3.8) is 0 Å². The molecule has 0 fully saturated rings. The fourth-order valence-electron chi connectivity index (χ4n) is 2.85. The van der Waals surface area contributed by atoms with Crippen LogP contribution in [0.5, 0.6) is 0 Å². The van der Waals surface area contributed by atoms with Crippen molar-refractivity contribution in [2.45, 2.75) is 38.1 Å². The summed E-state index contributed by atoms with van der Waals surface area (Å²) in [7, 11) is 0. The molecule has 0 aliphatic carbocycles. The van der Waals surface area contributed by atoms with E-state index in [1.165, 1.54) is 0 Å². The lowest BCUT2D eigenvalue weighted by Crippen LogP contribution is -2.50. The number of hydrogen-bond donors (Lipinski definition) is 1. The Hall–Kier alpha value is -2.08. The van der Waals surface area contributed by atoms with Gasteiger partial charge in [-0.05, 0) is 43.2 Å². The van der Waals surface area contributed by atoms with Crippen LogP contribution in [0.4, 0.5) is 0 Å². The van der Waals surface area contributed by atoms with E-state index >= 15 is 0 Å². The smallest absolute Gasteiger partial charge is 0.351 e. The van der Waals surface area contributed by atoms with Crippen molar-refractivity contribution in [1.29, 1.82) is 0 Å². The lowest BCUT2D eigenvalue weighted by atomic mass is 9.86. The van der Waals surface area contributed by atoms with Crippen molar-refractivity contribution < 1.29 is 24.2 Å². The van der Waals surface area contributed by atoms with Gasteiger partial charge in [0.25, 0.3) is 0 Å². The van der Waals surface area contributed by atoms with Crippen molar-refractivity contribution in [1.82, 2.24) is 0 Å². The van der Waals surface area contributed by atoms with Crippen LogP contribution in [0.2, 0.25) is 0 Å². The number of benzene rings is 2. The average molecular weight is 409 g/mol. The van der Waals surface area contributed by atoms with Crippen LogP contribution < -0.4 is 0 Å².